The molecule has 7 nitrogen and oxygen atoms in total. The van der Waals surface area contributed by atoms with Gasteiger partial charge in [-0.2, -0.15) is 0 Å². The summed E-state index contributed by atoms with van der Waals surface area (Å²) in [5.74, 6) is -1.09. The Hall–Kier alpha value is -3.03. The van der Waals surface area contributed by atoms with Crippen LogP contribution < -0.4 is 5.43 Å². The Morgan fingerprint density at radius 1 is 1.24 bits per heavy atom. The van der Waals surface area contributed by atoms with Crippen LogP contribution in [0.4, 0.5) is 0 Å². The quantitative estimate of drug-likeness (QED) is 0.471. The molecule has 1 aliphatic heterocycles. The zero-order chi connectivity index (χ0) is 24.4. The molecule has 8 heteroatoms. The van der Waals surface area contributed by atoms with Gasteiger partial charge < -0.3 is 24.3 Å². The summed E-state index contributed by atoms with van der Waals surface area (Å²) >= 11 is 6.33. The van der Waals surface area contributed by atoms with Gasteiger partial charge in [0, 0.05) is 42.1 Å². The molecule has 1 aromatic heterocycles. The molecule has 0 radical (unpaired) electrons. The highest BCUT2D eigenvalue weighted by molar-refractivity contribution is 6.33. The molecule has 1 saturated heterocycles. The second kappa shape index (κ2) is 10.1. The number of piperidine rings is 1. The highest BCUT2D eigenvalue weighted by atomic mass is 35.5. The molecule has 180 valence electrons. The first-order valence-corrected chi connectivity index (χ1v) is 11.8. The van der Waals surface area contributed by atoms with E-state index < -0.39 is 17.5 Å². The number of fused-ring (bicyclic) bond motifs is 1. The minimum atomic E-state index is -0.545. The van der Waals surface area contributed by atoms with Crippen LogP contribution in [0.25, 0.3) is 22.3 Å². The number of aromatic hydroxyl groups is 2. The maximum absolute atomic E-state index is 13.0. The highest BCUT2D eigenvalue weighted by Gasteiger charge is 2.36. The van der Waals surface area contributed by atoms with Crippen molar-refractivity contribution >= 4 is 28.5 Å². The number of ether oxygens (including phenoxy) is 1. The molecule has 2 N–H and O–H groups in total. The summed E-state index contributed by atoms with van der Waals surface area (Å²) in [6, 6.07) is 9.38. The topological polar surface area (TPSA) is 100 Å². The van der Waals surface area contributed by atoms with Crippen molar-refractivity contribution in [1.82, 2.24) is 4.90 Å². The average molecular weight is 486 g/mol. The van der Waals surface area contributed by atoms with Crippen molar-refractivity contribution in [3.8, 4) is 22.8 Å². The van der Waals surface area contributed by atoms with Crippen LogP contribution in [0.3, 0.4) is 0 Å². The van der Waals surface area contributed by atoms with Crippen LogP contribution in [-0.2, 0) is 9.53 Å². The molecule has 34 heavy (non-hydrogen) atoms. The number of unbranched alkanes of at least 4 members (excludes halogenated alkanes) is 1. The van der Waals surface area contributed by atoms with E-state index in [1.54, 1.807) is 24.3 Å². The molecule has 0 spiro atoms. The second-order valence-electron chi connectivity index (χ2n) is 8.78. The van der Waals surface area contributed by atoms with Crippen molar-refractivity contribution in [2.24, 2.45) is 0 Å². The standard InChI is InChI=1S/C26H28ClNO6/c1-3-4-9-23(32)33-22-14-28(2)11-10-16(22)24-18(29)12-19(30)25-20(31)13-21(34-26(24)25)15-7-5-6-8-17(15)27/h5-8,12-13,16,22,29-30H,3-4,9-11,14H2,1-2H3/t16-,22+/m0/s1. The third-order valence-corrected chi connectivity index (χ3v) is 6.62. The van der Waals surface area contributed by atoms with Crippen molar-refractivity contribution in [3.05, 3.63) is 57.2 Å². The molecule has 1 fully saturated rings. The van der Waals surface area contributed by atoms with Gasteiger partial charge >= 0.3 is 5.97 Å². The first-order valence-electron chi connectivity index (χ1n) is 11.5. The van der Waals surface area contributed by atoms with Gasteiger partial charge in [0.25, 0.3) is 0 Å². The molecule has 1 aliphatic rings. The Labute approximate surface area is 202 Å². The van der Waals surface area contributed by atoms with Crippen molar-refractivity contribution in [2.45, 2.75) is 44.6 Å². The molecule has 0 bridgehead atoms. The Kier molecular flexibility index (Phi) is 7.14. The molecule has 2 heterocycles. The number of carbonyl (C=O) groups is 1. The van der Waals surface area contributed by atoms with E-state index >= 15 is 0 Å². The van der Waals surface area contributed by atoms with E-state index in [2.05, 4.69) is 4.90 Å². The Bertz CT molecular complexity index is 1270. The van der Waals surface area contributed by atoms with Gasteiger partial charge in [-0.3, -0.25) is 9.59 Å². The minimum absolute atomic E-state index is 0.0291. The molecule has 0 aliphatic carbocycles. The summed E-state index contributed by atoms with van der Waals surface area (Å²) in [6.45, 7) is 3.17. The number of benzene rings is 2. The Morgan fingerprint density at radius 2 is 2.00 bits per heavy atom. The third-order valence-electron chi connectivity index (χ3n) is 6.29. The smallest absolute Gasteiger partial charge is 0.306 e. The van der Waals surface area contributed by atoms with Gasteiger partial charge in [-0.15, -0.1) is 0 Å². The normalized spacial score (nSPS) is 18.8. The summed E-state index contributed by atoms with van der Waals surface area (Å²) in [5, 5.41) is 21.8. The lowest BCUT2D eigenvalue weighted by Crippen LogP contribution is -2.43. The number of esters is 1. The van der Waals surface area contributed by atoms with Gasteiger partial charge in [0.15, 0.2) is 5.43 Å². The van der Waals surface area contributed by atoms with E-state index in [1.165, 1.54) is 6.07 Å². The third kappa shape index (κ3) is 4.76. The van der Waals surface area contributed by atoms with Gasteiger partial charge in [-0.1, -0.05) is 37.1 Å². The summed E-state index contributed by atoms with van der Waals surface area (Å²) in [5.41, 5.74) is 0.478. The minimum Gasteiger partial charge on any atom is -0.507 e. The van der Waals surface area contributed by atoms with E-state index in [1.807, 2.05) is 14.0 Å². The van der Waals surface area contributed by atoms with E-state index in [0.29, 0.717) is 42.1 Å². The summed E-state index contributed by atoms with van der Waals surface area (Å²) in [4.78, 5) is 27.6. The lowest BCUT2D eigenvalue weighted by molar-refractivity contribution is -0.152. The number of rotatable bonds is 6. The summed E-state index contributed by atoms with van der Waals surface area (Å²) < 4.78 is 12.0. The molecule has 0 amide bonds. The number of hydrogen-bond donors (Lipinski definition) is 2. The molecule has 0 unspecified atom stereocenters. The first-order chi connectivity index (χ1) is 16.3. The van der Waals surface area contributed by atoms with Crippen molar-refractivity contribution in [3.63, 3.8) is 0 Å². The van der Waals surface area contributed by atoms with E-state index in [0.717, 1.165) is 18.9 Å². The van der Waals surface area contributed by atoms with Crippen molar-refractivity contribution in [1.29, 1.82) is 0 Å². The Balaban J connectivity index is 1.87. The van der Waals surface area contributed by atoms with Crippen LogP contribution in [0.5, 0.6) is 11.5 Å². The number of halogens is 1. The van der Waals surface area contributed by atoms with E-state index in [-0.39, 0.29) is 34.2 Å². The molecule has 4 rings (SSSR count). The lowest BCUT2D eigenvalue weighted by atomic mass is 9.85. The van der Waals surface area contributed by atoms with Crippen molar-refractivity contribution in [2.75, 3.05) is 20.1 Å². The number of hydrogen-bond acceptors (Lipinski definition) is 7. The van der Waals surface area contributed by atoms with E-state index in [4.69, 9.17) is 20.8 Å². The molecule has 0 saturated carbocycles. The van der Waals surface area contributed by atoms with Crippen LogP contribution in [0.15, 0.2) is 45.6 Å². The van der Waals surface area contributed by atoms with Crippen LogP contribution >= 0.6 is 11.6 Å². The van der Waals surface area contributed by atoms with Gasteiger partial charge in [0.2, 0.25) is 0 Å². The van der Waals surface area contributed by atoms with E-state index in [9.17, 15) is 19.8 Å². The number of nitrogens with zero attached hydrogens (tertiary/aromatic N) is 1. The maximum atomic E-state index is 13.0. The number of carbonyl (C=O) groups excluding carboxylic acids is 1. The number of likely N-dealkylation sites (N-methyl/N-ethyl adjacent to an activating group) is 1. The fraction of sp³-hybridized carbons (Fsp3) is 0.385. The lowest BCUT2D eigenvalue weighted by Gasteiger charge is -2.36. The van der Waals surface area contributed by atoms with Crippen LogP contribution in [-0.4, -0.2) is 47.3 Å². The fourth-order valence-corrected chi connectivity index (χ4v) is 4.77. The SMILES string of the molecule is CCCCC(=O)O[C@@H]1CN(C)CC[C@@H]1c1c(O)cc(O)c2c(=O)cc(-c3ccccc3Cl)oc12. The zero-order valence-electron chi connectivity index (χ0n) is 19.2. The van der Waals surface area contributed by atoms with Crippen LogP contribution in [0.2, 0.25) is 5.02 Å². The molecular weight excluding hydrogens is 458 g/mol. The van der Waals surface area contributed by atoms with Gasteiger partial charge in [-0.25, -0.2) is 0 Å². The fourth-order valence-electron chi connectivity index (χ4n) is 4.54. The number of likely N-dealkylation sites (tertiary alicyclic amines) is 1. The van der Waals surface area contributed by atoms with Crippen LogP contribution in [0.1, 0.15) is 44.1 Å². The predicted octanol–water partition coefficient (Wildman–Crippen LogP) is 5.05. The monoisotopic (exact) mass is 485 g/mol. The number of phenolic OH excluding ortho intramolecular Hbond substituents is 2. The molecule has 3 aromatic rings. The highest BCUT2D eigenvalue weighted by Crippen LogP contribution is 2.43. The van der Waals surface area contributed by atoms with Gasteiger partial charge in [0.05, 0.1) is 5.02 Å². The van der Waals surface area contributed by atoms with Crippen LogP contribution in [0, 0.1) is 0 Å². The van der Waals surface area contributed by atoms with Gasteiger partial charge in [0.1, 0.15) is 34.3 Å². The molecule has 2 atom stereocenters. The predicted molar refractivity (Wildman–Crippen MR) is 131 cm³/mol. The average Bonchev–Trinajstić information content (AvgIpc) is 2.78. The molecule has 2 aromatic carbocycles. The Morgan fingerprint density at radius 3 is 2.74 bits per heavy atom. The summed E-state index contributed by atoms with van der Waals surface area (Å²) in [7, 11) is 1.94. The zero-order valence-corrected chi connectivity index (χ0v) is 20.0. The van der Waals surface area contributed by atoms with Crippen molar-refractivity contribution < 1.29 is 24.2 Å². The summed E-state index contributed by atoms with van der Waals surface area (Å²) in [6.07, 6.45) is 1.95. The first kappa shape index (κ1) is 24.1. The van der Waals surface area contributed by atoms with Gasteiger partial charge in [-0.05, 0) is 38.6 Å². The maximum Gasteiger partial charge on any atom is 0.306 e. The number of phenols is 2. The molecular formula is C26H28ClNO6. The largest absolute Gasteiger partial charge is 0.507 e. The second-order valence-corrected chi connectivity index (χ2v) is 9.18.